The van der Waals surface area contributed by atoms with Crippen molar-refractivity contribution in [2.45, 2.75) is 32.6 Å². The first kappa shape index (κ1) is 14.3. The number of carboxylic acid groups (broad SMARTS) is 1. The van der Waals surface area contributed by atoms with E-state index >= 15 is 0 Å². The molecule has 5 nitrogen and oxygen atoms in total. The van der Waals surface area contributed by atoms with E-state index in [1.807, 2.05) is 0 Å². The number of hydrogen-bond donors (Lipinski definition) is 2. The Bertz CT molecular complexity index is 346. The summed E-state index contributed by atoms with van der Waals surface area (Å²) in [6, 6.07) is 0. The number of carboxylic acids is 1. The second-order valence-corrected chi connectivity index (χ2v) is 5.84. The summed E-state index contributed by atoms with van der Waals surface area (Å²) in [7, 11) is 0. The molecule has 108 valence electrons. The molecule has 1 saturated carbocycles. The lowest BCUT2D eigenvalue weighted by Crippen LogP contribution is -2.34. The minimum atomic E-state index is -0.760. The molecule has 3 atom stereocenters. The van der Waals surface area contributed by atoms with Gasteiger partial charge in [0.2, 0.25) is 5.91 Å². The van der Waals surface area contributed by atoms with Crippen LogP contribution in [0.2, 0.25) is 0 Å². The van der Waals surface area contributed by atoms with E-state index in [4.69, 9.17) is 5.11 Å². The zero-order valence-corrected chi connectivity index (χ0v) is 11.6. The number of nitrogens with one attached hydrogen (secondary N) is 1. The Morgan fingerprint density at radius 3 is 2.58 bits per heavy atom. The predicted octanol–water partition coefficient (Wildman–Crippen LogP) is 0.945. The van der Waals surface area contributed by atoms with Crippen LogP contribution in [0.4, 0.5) is 0 Å². The van der Waals surface area contributed by atoms with E-state index in [1.54, 1.807) is 0 Å². The summed E-state index contributed by atoms with van der Waals surface area (Å²) in [4.78, 5) is 25.3. The molecule has 0 aromatic rings. The number of carbonyl (C=O) groups is 2. The fraction of sp³-hybridized carbons (Fsp3) is 0.857. The summed E-state index contributed by atoms with van der Waals surface area (Å²) < 4.78 is 0. The molecular formula is C14H24N2O3. The second kappa shape index (κ2) is 6.37. The number of amides is 1. The standard InChI is InChI=1S/C14H24N2O3/c1-2-16-6-5-10(9-16)8-15-13(17)11-3-4-12(7-11)14(18)19/h10-12H,2-9H2,1H3,(H,15,17)(H,18,19). The minimum Gasteiger partial charge on any atom is -0.481 e. The van der Waals surface area contributed by atoms with Crippen LogP contribution in [0.15, 0.2) is 0 Å². The summed E-state index contributed by atoms with van der Waals surface area (Å²) in [5, 5.41) is 11.9. The SMILES string of the molecule is CCN1CCC(CNC(=O)C2CCC(C(=O)O)C2)C1. The van der Waals surface area contributed by atoms with Gasteiger partial charge in [-0.2, -0.15) is 0 Å². The average Bonchev–Trinajstić information content (AvgIpc) is 3.04. The van der Waals surface area contributed by atoms with E-state index in [9.17, 15) is 9.59 Å². The largest absolute Gasteiger partial charge is 0.481 e. The molecule has 2 aliphatic rings. The van der Waals surface area contributed by atoms with E-state index < -0.39 is 5.97 Å². The van der Waals surface area contributed by atoms with Crippen molar-refractivity contribution in [2.24, 2.45) is 17.8 Å². The molecule has 0 bridgehead atoms. The number of rotatable bonds is 5. The molecule has 2 N–H and O–H groups in total. The normalized spacial score (nSPS) is 31.5. The molecule has 2 rings (SSSR count). The fourth-order valence-electron chi connectivity index (χ4n) is 3.20. The summed E-state index contributed by atoms with van der Waals surface area (Å²) in [6.07, 6.45) is 3.01. The smallest absolute Gasteiger partial charge is 0.306 e. The molecule has 0 aromatic heterocycles. The van der Waals surface area contributed by atoms with Gasteiger partial charge in [0.15, 0.2) is 0 Å². The zero-order chi connectivity index (χ0) is 13.8. The van der Waals surface area contributed by atoms with Gasteiger partial charge in [0.25, 0.3) is 0 Å². The highest BCUT2D eigenvalue weighted by atomic mass is 16.4. The summed E-state index contributed by atoms with van der Waals surface area (Å²) in [6.45, 7) is 6.17. The number of likely N-dealkylation sites (tertiary alicyclic amines) is 1. The third-order valence-electron chi connectivity index (χ3n) is 4.53. The van der Waals surface area contributed by atoms with Gasteiger partial charge in [-0.1, -0.05) is 6.92 Å². The van der Waals surface area contributed by atoms with Gasteiger partial charge in [-0.3, -0.25) is 9.59 Å². The van der Waals surface area contributed by atoms with E-state index in [0.29, 0.717) is 25.2 Å². The first-order valence-corrected chi connectivity index (χ1v) is 7.33. The minimum absolute atomic E-state index is 0.0544. The van der Waals surface area contributed by atoms with Crippen molar-refractivity contribution < 1.29 is 14.7 Å². The van der Waals surface area contributed by atoms with Crippen LogP contribution in [-0.2, 0) is 9.59 Å². The monoisotopic (exact) mass is 268 g/mol. The molecule has 0 aromatic carbocycles. The molecule has 0 radical (unpaired) electrons. The van der Waals surface area contributed by atoms with Crippen molar-refractivity contribution in [3.05, 3.63) is 0 Å². The van der Waals surface area contributed by atoms with E-state index in [0.717, 1.165) is 32.6 Å². The van der Waals surface area contributed by atoms with Crippen molar-refractivity contribution in [1.82, 2.24) is 10.2 Å². The van der Waals surface area contributed by atoms with Crippen LogP contribution in [0.3, 0.4) is 0 Å². The molecule has 2 fully saturated rings. The van der Waals surface area contributed by atoms with Gasteiger partial charge >= 0.3 is 5.97 Å². The molecule has 5 heteroatoms. The van der Waals surface area contributed by atoms with Gasteiger partial charge in [0, 0.05) is 19.0 Å². The molecule has 1 heterocycles. The van der Waals surface area contributed by atoms with Crippen molar-refractivity contribution in [2.75, 3.05) is 26.2 Å². The van der Waals surface area contributed by atoms with Gasteiger partial charge in [-0.05, 0) is 44.7 Å². The van der Waals surface area contributed by atoms with Gasteiger partial charge < -0.3 is 15.3 Å². The van der Waals surface area contributed by atoms with Crippen LogP contribution >= 0.6 is 0 Å². The molecule has 19 heavy (non-hydrogen) atoms. The van der Waals surface area contributed by atoms with Crippen LogP contribution in [0.5, 0.6) is 0 Å². The number of nitrogens with zero attached hydrogens (tertiary/aromatic N) is 1. The highest BCUT2D eigenvalue weighted by Gasteiger charge is 2.34. The van der Waals surface area contributed by atoms with Crippen molar-refractivity contribution >= 4 is 11.9 Å². The van der Waals surface area contributed by atoms with Crippen LogP contribution in [0.25, 0.3) is 0 Å². The molecule has 0 spiro atoms. The summed E-state index contributed by atoms with van der Waals surface area (Å²) >= 11 is 0. The van der Waals surface area contributed by atoms with Gasteiger partial charge in [0.05, 0.1) is 5.92 Å². The third kappa shape index (κ3) is 3.69. The summed E-state index contributed by atoms with van der Waals surface area (Å²) in [5.41, 5.74) is 0. The van der Waals surface area contributed by atoms with Crippen LogP contribution in [0, 0.1) is 17.8 Å². The maximum Gasteiger partial charge on any atom is 0.306 e. The quantitative estimate of drug-likeness (QED) is 0.779. The van der Waals surface area contributed by atoms with Gasteiger partial charge in [-0.15, -0.1) is 0 Å². The van der Waals surface area contributed by atoms with Crippen molar-refractivity contribution in [1.29, 1.82) is 0 Å². The Hall–Kier alpha value is -1.10. The highest BCUT2D eigenvalue weighted by molar-refractivity contribution is 5.80. The third-order valence-corrected chi connectivity index (χ3v) is 4.53. The van der Waals surface area contributed by atoms with E-state index in [2.05, 4.69) is 17.1 Å². The molecule has 1 aliphatic heterocycles. The Kier molecular flexibility index (Phi) is 4.80. The van der Waals surface area contributed by atoms with Gasteiger partial charge in [-0.25, -0.2) is 0 Å². The molecule has 1 amide bonds. The van der Waals surface area contributed by atoms with Crippen molar-refractivity contribution in [3.8, 4) is 0 Å². The van der Waals surface area contributed by atoms with E-state index in [-0.39, 0.29) is 17.7 Å². The van der Waals surface area contributed by atoms with Gasteiger partial charge in [0.1, 0.15) is 0 Å². The number of hydrogen-bond acceptors (Lipinski definition) is 3. The highest BCUT2D eigenvalue weighted by Crippen LogP contribution is 2.31. The predicted molar refractivity (Wildman–Crippen MR) is 71.7 cm³/mol. The van der Waals surface area contributed by atoms with Crippen LogP contribution < -0.4 is 5.32 Å². The first-order chi connectivity index (χ1) is 9.10. The zero-order valence-electron chi connectivity index (χ0n) is 11.6. The molecule has 3 unspecified atom stereocenters. The van der Waals surface area contributed by atoms with Crippen LogP contribution in [0.1, 0.15) is 32.6 Å². The van der Waals surface area contributed by atoms with Crippen molar-refractivity contribution in [3.63, 3.8) is 0 Å². The lowest BCUT2D eigenvalue weighted by Gasteiger charge is -2.15. The first-order valence-electron chi connectivity index (χ1n) is 7.33. The lowest BCUT2D eigenvalue weighted by atomic mass is 10.0. The van der Waals surface area contributed by atoms with Crippen LogP contribution in [-0.4, -0.2) is 48.1 Å². The Morgan fingerprint density at radius 1 is 1.26 bits per heavy atom. The molecule has 1 aliphatic carbocycles. The Balaban J connectivity index is 1.69. The molecular weight excluding hydrogens is 244 g/mol. The average molecular weight is 268 g/mol. The number of aliphatic carboxylic acids is 1. The maximum atomic E-state index is 12.0. The Morgan fingerprint density at radius 2 is 2.00 bits per heavy atom. The molecule has 1 saturated heterocycles. The number of carbonyl (C=O) groups excluding carboxylic acids is 1. The fourth-order valence-corrected chi connectivity index (χ4v) is 3.20. The second-order valence-electron chi connectivity index (χ2n) is 5.84. The maximum absolute atomic E-state index is 12.0. The van der Waals surface area contributed by atoms with E-state index in [1.165, 1.54) is 0 Å². The topological polar surface area (TPSA) is 69.6 Å². The Labute approximate surface area is 114 Å². The summed E-state index contributed by atoms with van der Waals surface area (Å²) in [5.74, 6) is -0.563. The lowest BCUT2D eigenvalue weighted by molar-refractivity contribution is -0.141.